The second-order valence-electron chi connectivity index (χ2n) is 3.69. The van der Waals surface area contributed by atoms with Crippen molar-refractivity contribution >= 4 is 11.9 Å². The Kier molecular flexibility index (Phi) is 4.56. The summed E-state index contributed by atoms with van der Waals surface area (Å²) in [6.45, 7) is 4.82. The first-order valence-electron chi connectivity index (χ1n) is 4.36. The van der Waals surface area contributed by atoms with Gasteiger partial charge in [-0.25, -0.2) is 0 Å². The fraction of sp³-hybridized carbons (Fsp3) is 0.778. The smallest absolute Gasteiger partial charge is 0.318 e. The van der Waals surface area contributed by atoms with E-state index in [1.807, 2.05) is 0 Å². The summed E-state index contributed by atoms with van der Waals surface area (Å²) in [4.78, 5) is 22.1. The minimum absolute atomic E-state index is 0.122. The van der Waals surface area contributed by atoms with Gasteiger partial charge in [0.25, 0.3) is 0 Å². The van der Waals surface area contributed by atoms with Crippen molar-refractivity contribution < 1.29 is 19.4 Å². The highest BCUT2D eigenvalue weighted by atomic mass is 16.5. The zero-order chi connectivity index (χ0) is 11.4. The van der Waals surface area contributed by atoms with Crippen LogP contribution in [0.3, 0.4) is 0 Å². The predicted molar refractivity (Wildman–Crippen MR) is 50.9 cm³/mol. The summed E-state index contributed by atoms with van der Waals surface area (Å²) in [7, 11) is 1.53. The van der Waals surface area contributed by atoms with Crippen molar-refractivity contribution in [1.82, 2.24) is 5.32 Å². The van der Waals surface area contributed by atoms with Crippen LogP contribution >= 0.6 is 0 Å². The fourth-order valence-corrected chi connectivity index (χ4v) is 0.638. The Labute approximate surface area is 83.4 Å². The Hall–Kier alpha value is -1.10. The number of rotatable bonds is 5. The largest absolute Gasteiger partial charge is 0.480 e. The summed E-state index contributed by atoms with van der Waals surface area (Å²) in [5.74, 6) is -1.64. The Morgan fingerprint density at radius 3 is 2.36 bits per heavy atom. The molecule has 2 N–H and O–H groups in total. The van der Waals surface area contributed by atoms with Crippen molar-refractivity contribution in [3.63, 3.8) is 0 Å². The Bertz CT molecular complexity index is 225. The molecule has 5 heteroatoms. The molecule has 0 bridgehead atoms. The first-order chi connectivity index (χ1) is 6.32. The van der Waals surface area contributed by atoms with Crippen LogP contribution in [0, 0.1) is 5.41 Å². The van der Waals surface area contributed by atoms with Gasteiger partial charge in [0, 0.05) is 13.7 Å². The van der Waals surface area contributed by atoms with Crippen molar-refractivity contribution in [3.8, 4) is 0 Å². The number of ether oxygens (including phenoxy) is 1. The number of hydrogen-bond acceptors (Lipinski definition) is 3. The van der Waals surface area contributed by atoms with Crippen LogP contribution in [0.1, 0.15) is 20.8 Å². The van der Waals surface area contributed by atoms with E-state index in [0.717, 1.165) is 0 Å². The van der Waals surface area contributed by atoms with E-state index in [4.69, 9.17) is 9.84 Å². The highest BCUT2D eigenvalue weighted by Crippen LogP contribution is 2.14. The molecule has 0 saturated carbocycles. The van der Waals surface area contributed by atoms with E-state index in [-0.39, 0.29) is 6.10 Å². The highest BCUT2D eigenvalue weighted by molar-refractivity contribution is 6.00. The van der Waals surface area contributed by atoms with E-state index >= 15 is 0 Å². The summed E-state index contributed by atoms with van der Waals surface area (Å²) >= 11 is 0. The summed E-state index contributed by atoms with van der Waals surface area (Å²) in [6.07, 6.45) is -0.122. The van der Waals surface area contributed by atoms with Crippen molar-refractivity contribution in [2.75, 3.05) is 13.7 Å². The molecule has 14 heavy (non-hydrogen) atoms. The van der Waals surface area contributed by atoms with Crippen molar-refractivity contribution in [2.45, 2.75) is 26.9 Å². The normalized spacial score (nSPS) is 13.4. The molecule has 0 aliphatic rings. The van der Waals surface area contributed by atoms with E-state index in [0.29, 0.717) is 6.54 Å². The molecule has 1 atom stereocenters. The van der Waals surface area contributed by atoms with Crippen LogP contribution in [-0.4, -0.2) is 36.7 Å². The summed E-state index contributed by atoms with van der Waals surface area (Å²) in [6, 6.07) is 0. The third-order valence-corrected chi connectivity index (χ3v) is 2.05. The molecule has 0 spiro atoms. The van der Waals surface area contributed by atoms with Gasteiger partial charge in [0.1, 0.15) is 5.41 Å². The minimum atomic E-state index is -1.40. The molecule has 82 valence electrons. The number of aliphatic carboxylic acids is 1. The maximum atomic E-state index is 11.4. The first-order valence-corrected chi connectivity index (χ1v) is 4.36. The lowest BCUT2D eigenvalue weighted by atomic mass is 9.93. The Morgan fingerprint density at radius 2 is 2.00 bits per heavy atom. The van der Waals surface area contributed by atoms with Gasteiger partial charge in [0.2, 0.25) is 5.91 Å². The lowest BCUT2D eigenvalue weighted by Gasteiger charge is -2.19. The number of carboxylic acids is 1. The number of carbonyl (C=O) groups excluding carboxylic acids is 1. The second-order valence-corrected chi connectivity index (χ2v) is 3.69. The maximum absolute atomic E-state index is 11.4. The molecule has 0 aliphatic heterocycles. The van der Waals surface area contributed by atoms with Gasteiger partial charge in [-0.15, -0.1) is 0 Å². The van der Waals surface area contributed by atoms with E-state index < -0.39 is 17.3 Å². The third kappa shape index (κ3) is 3.33. The molecule has 1 unspecified atom stereocenters. The van der Waals surface area contributed by atoms with Gasteiger partial charge in [0.15, 0.2) is 0 Å². The van der Waals surface area contributed by atoms with Gasteiger partial charge in [-0.05, 0) is 20.8 Å². The average Bonchev–Trinajstić information content (AvgIpc) is 2.12. The minimum Gasteiger partial charge on any atom is -0.480 e. The number of carboxylic acid groups (broad SMARTS) is 1. The van der Waals surface area contributed by atoms with Crippen molar-refractivity contribution in [3.05, 3.63) is 0 Å². The number of nitrogens with one attached hydrogen (secondary N) is 1. The molecule has 0 saturated heterocycles. The van der Waals surface area contributed by atoms with Gasteiger partial charge in [0.05, 0.1) is 6.10 Å². The molecule has 5 nitrogen and oxygen atoms in total. The lowest BCUT2D eigenvalue weighted by Crippen LogP contribution is -2.44. The third-order valence-electron chi connectivity index (χ3n) is 2.05. The SMILES string of the molecule is COC(C)CNC(=O)C(C)(C)C(=O)O. The maximum Gasteiger partial charge on any atom is 0.318 e. The van der Waals surface area contributed by atoms with Gasteiger partial charge >= 0.3 is 5.97 Å². The van der Waals surface area contributed by atoms with Gasteiger partial charge in [-0.3, -0.25) is 9.59 Å². The van der Waals surface area contributed by atoms with Gasteiger partial charge in [-0.1, -0.05) is 0 Å². The highest BCUT2D eigenvalue weighted by Gasteiger charge is 2.35. The Morgan fingerprint density at radius 1 is 1.50 bits per heavy atom. The van der Waals surface area contributed by atoms with Crippen LogP contribution in [0.25, 0.3) is 0 Å². The van der Waals surface area contributed by atoms with Crippen LogP contribution in [-0.2, 0) is 14.3 Å². The zero-order valence-electron chi connectivity index (χ0n) is 8.96. The van der Waals surface area contributed by atoms with Crippen LogP contribution in [0.5, 0.6) is 0 Å². The molecular formula is C9H17NO4. The molecule has 0 aromatic heterocycles. The van der Waals surface area contributed by atoms with Gasteiger partial charge < -0.3 is 15.2 Å². The van der Waals surface area contributed by atoms with E-state index in [9.17, 15) is 9.59 Å². The molecule has 0 heterocycles. The molecular weight excluding hydrogens is 186 g/mol. The molecule has 0 aliphatic carbocycles. The average molecular weight is 203 g/mol. The Balaban J connectivity index is 4.15. The molecule has 0 rings (SSSR count). The van der Waals surface area contributed by atoms with E-state index in [1.54, 1.807) is 6.92 Å². The lowest BCUT2D eigenvalue weighted by molar-refractivity contribution is -0.153. The quantitative estimate of drug-likeness (QED) is 0.628. The first kappa shape index (κ1) is 12.9. The fourth-order valence-electron chi connectivity index (χ4n) is 0.638. The summed E-state index contributed by atoms with van der Waals surface area (Å²) in [5.41, 5.74) is -1.40. The van der Waals surface area contributed by atoms with Gasteiger partial charge in [-0.2, -0.15) is 0 Å². The second kappa shape index (κ2) is 4.95. The molecule has 0 fully saturated rings. The topological polar surface area (TPSA) is 75.6 Å². The number of methoxy groups -OCH3 is 1. The van der Waals surface area contributed by atoms with Crippen LogP contribution < -0.4 is 5.32 Å². The monoisotopic (exact) mass is 203 g/mol. The van der Waals surface area contributed by atoms with Crippen LogP contribution in [0.15, 0.2) is 0 Å². The molecule has 0 aromatic rings. The number of hydrogen-bond donors (Lipinski definition) is 2. The molecule has 1 amide bonds. The number of amides is 1. The molecule has 0 aromatic carbocycles. The standard InChI is InChI=1S/C9H17NO4/c1-6(14-4)5-10-7(11)9(2,3)8(12)13/h6H,5H2,1-4H3,(H,10,11)(H,12,13). The van der Waals surface area contributed by atoms with E-state index in [1.165, 1.54) is 21.0 Å². The number of carbonyl (C=O) groups is 2. The van der Waals surface area contributed by atoms with Crippen LogP contribution in [0.2, 0.25) is 0 Å². The summed E-state index contributed by atoms with van der Waals surface area (Å²) < 4.78 is 4.91. The van der Waals surface area contributed by atoms with Crippen molar-refractivity contribution in [2.24, 2.45) is 5.41 Å². The van der Waals surface area contributed by atoms with Crippen LogP contribution in [0.4, 0.5) is 0 Å². The summed E-state index contributed by atoms with van der Waals surface area (Å²) in [5, 5.41) is 11.3. The predicted octanol–water partition coefficient (Wildman–Crippen LogP) is 0.248. The van der Waals surface area contributed by atoms with Crippen molar-refractivity contribution in [1.29, 1.82) is 0 Å². The molecule has 0 radical (unpaired) electrons. The zero-order valence-corrected chi connectivity index (χ0v) is 8.96. The van der Waals surface area contributed by atoms with E-state index in [2.05, 4.69) is 5.32 Å².